The Morgan fingerprint density at radius 2 is 1.83 bits per heavy atom. The number of hydrogen-bond donors (Lipinski definition) is 2. The summed E-state index contributed by atoms with van der Waals surface area (Å²) in [5, 5.41) is 21.1. The van der Waals surface area contributed by atoms with Gasteiger partial charge in [-0.2, -0.15) is 4.57 Å². The molecular formula is C37H29N2O2S+. The first-order valence-electron chi connectivity index (χ1n) is 13.9. The number of benzene rings is 3. The summed E-state index contributed by atoms with van der Waals surface area (Å²) in [7, 11) is 0. The van der Waals surface area contributed by atoms with E-state index in [2.05, 4.69) is 95.5 Å². The first kappa shape index (κ1) is 27.1. The second kappa shape index (κ2) is 12.6. The number of aryl methyl sites for hydroxylation is 1. The highest BCUT2D eigenvalue weighted by Crippen LogP contribution is 2.49. The van der Waals surface area contributed by atoms with E-state index < -0.39 is 0 Å². The normalized spacial score (nSPS) is 15.3. The van der Waals surface area contributed by atoms with E-state index in [0.717, 1.165) is 35.9 Å². The fourth-order valence-electron chi connectivity index (χ4n) is 5.41. The van der Waals surface area contributed by atoms with Crippen LogP contribution in [0.2, 0.25) is 0 Å². The lowest BCUT2D eigenvalue weighted by Crippen LogP contribution is -2.27. The largest absolute Gasteiger partial charge is 0.497 e. The summed E-state index contributed by atoms with van der Waals surface area (Å²) in [5.74, 6) is 6.97. The molecule has 0 saturated carbocycles. The molecule has 204 valence electrons. The Morgan fingerprint density at radius 3 is 2.71 bits per heavy atom. The molecule has 0 aliphatic carbocycles. The Hall–Kier alpha value is -5.10. The first-order chi connectivity index (χ1) is 20.7. The third-order valence-corrected chi connectivity index (χ3v) is 8.42. The highest BCUT2D eigenvalue weighted by Gasteiger charge is 2.29. The van der Waals surface area contributed by atoms with Crippen LogP contribution in [0.3, 0.4) is 0 Å². The Balaban J connectivity index is 1.34. The topological polar surface area (TPSA) is 47.6 Å². The summed E-state index contributed by atoms with van der Waals surface area (Å²) in [5.41, 5.74) is 7.31. The maximum atomic E-state index is 10.2. The van der Waals surface area contributed by atoms with Crippen LogP contribution in [0.25, 0.3) is 23.2 Å². The summed E-state index contributed by atoms with van der Waals surface area (Å²) in [6.45, 7) is 1.06. The van der Waals surface area contributed by atoms with Gasteiger partial charge in [-0.05, 0) is 71.6 Å². The van der Waals surface area contributed by atoms with Crippen molar-refractivity contribution in [3.05, 3.63) is 136 Å². The Bertz CT molecular complexity index is 1900. The molecule has 0 atom stereocenters. The molecule has 4 aromatic rings. The average Bonchev–Trinajstić information content (AvgIpc) is 3.39. The molecule has 0 spiro atoms. The molecule has 3 aromatic carbocycles. The minimum absolute atomic E-state index is 0.148. The monoisotopic (exact) mass is 565 g/mol. The van der Waals surface area contributed by atoms with Crippen LogP contribution in [0.1, 0.15) is 23.1 Å². The van der Waals surface area contributed by atoms with Gasteiger partial charge < -0.3 is 15.1 Å². The van der Waals surface area contributed by atoms with Crippen LogP contribution in [0.15, 0.2) is 125 Å². The lowest BCUT2D eigenvalue weighted by atomic mass is 10.0. The second-order valence-electron chi connectivity index (χ2n) is 10.1. The van der Waals surface area contributed by atoms with Gasteiger partial charge in [0.1, 0.15) is 6.11 Å². The van der Waals surface area contributed by atoms with Crippen molar-refractivity contribution in [3.63, 3.8) is 0 Å². The zero-order valence-corrected chi connectivity index (χ0v) is 23.8. The zero-order valence-electron chi connectivity index (χ0n) is 23.0. The van der Waals surface area contributed by atoms with Gasteiger partial charge in [0.25, 0.3) is 0 Å². The van der Waals surface area contributed by atoms with Crippen molar-refractivity contribution >= 4 is 40.6 Å². The van der Waals surface area contributed by atoms with E-state index in [1.54, 1.807) is 6.11 Å². The lowest BCUT2D eigenvalue weighted by Gasteiger charge is -2.27. The summed E-state index contributed by atoms with van der Waals surface area (Å²) in [6.07, 6.45) is 17.2. The van der Waals surface area contributed by atoms with E-state index in [4.69, 9.17) is 5.11 Å². The highest BCUT2D eigenvalue weighted by atomic mass is 32.2. The standard InChI is InChI=1S/C37H28N2O2S/c40-25-7-6-14-32(41)27-38-24-22-30(33-15-4-5-16-34(33)38)20-18-29(26-28-10-2-1-3-11-28)19-21-36-39-23-9-13-31-12-8-17-35(42-36)37(31)39/h1-5,8,10-12,15-22,24,27H,9,13,23,26H2,(H-,40,41)/p+1/b32-27-. The number of aliphatic hydroxyl groups excluding tert-OH is 2. The highest BCUT2D eigenvalue weighted by molar-refractivity contribution is 8.03. The molecular weight excluding hydrogens is 536 g/mol. The number of aliphatic hydroxyl groups is 2. The molecule has 6 rings (SSSR count). The van der Waals surface area contributed by atoms with Gasteiger partial charge in [-0.25, -0.2) is 0 Å². The first-order valence-corrected chi connectivity index (χ1v) is 14.7. The van der Waals surface area contributed by atoms with Crippen LogP contribution in [0, 0.1) is 23.9 Å². The van der Waals surface area contributed by atoms with Crippen molar-refractivity contribution in [1.82, 2.24) is 0 Å². The van der Waals surface area contributed by atoms with Gasteiger partial charge >= 0.3 is 0 Å². The number of pyridine rings is 1. The van der Waals surface area contributed by atoms with Crippen LogP contribution < -0.4 is 9.47 Å². The number of hydrogen-bond acceptors (Lipinski definition) is 4. The zero-order chi connectivity index (χ0) is 28.7. The minimum Gasteiger partial charge on any atom is -0.497 e. The van der Waals surface area contributed by atoms with Gasteiger partial charge in [0.05, 0.1) is 16.1 Å². The van der Waals surface area contributed by atoms with Crippen molar-refractivity contribution in [2.45, 2.75) is 24.2 Å². The molecule has 0 amide bonds. The summed E-state index contributed by atoms with van der Waals surface area (Å²) in [6, 6.07) is 27.3. The number of fused-ring (bicyclic) bond motifs is 1. The van der Waals surface area contributed by atoms with Gasteiger partial charge in [-0.15, -0.1) is 0 Å². The predicted octanol–water partition coefficient (Wildman–Crippen LogP) is 7.40. The smallest absolute Gasteiger partial charge is 0.234 e. The number of anilines is 1. The van der Waals surface area contributed by atoms with Crippen LogP contribution >= 0.6 is 11.8 Å². The number of nitrogens with zero attached hydrogens (tertiary/aromatic N) is 2. The third kappa shape index (κ3) is 5.98. The number of rotatable bonds is 6. The minimum atomic E-state index is -0.148. The van der Waals surface area contributed by atoms with Gasteiger partial charge in [-0.3, -0.25) is 0 Å². The van der Waals surface area contributed by atoms with Crippen LogP contribution in [-0.2, 0) is 12.8 Å². The van der Waals surface area contributed by atoms with E-state index >= 15 is 0 Å². The molecule has 1 aromatic heterocycles. The molecule has 0 saturated heterocycles. The summed E-state index contributed by atoms with van der Waals surface area (Å²) < 4.78 is 1.83. The lowest BCUT2D eigenvalue weighted by molar-refractivity contribution is -0.540. The maximum absolute atomic E-state index is 10.2. The number of thioether (sulfide) groups is 1. The van der Waals surface area contributed by atoms with Crippen LogP contribution in [0.5, 0.6) is 0 Å². The molecule has 0 radical (unpaired) electrons. The molecule has 0 unspecified atom stereocenters. The summed E-state index contributed by atoms with van der Waals surface area (Å²) >= 11 is 1.86. The van der Waals surface area contributed by atoms with Gasteiger partial charge in [0.2, 0.25) is 17.5 Å². The van der Waals surface area contributed by atoms with E-state index in [-0.39, 0.29) is 5.76 Å². The Morgan fingerprint density at radius 1 is 0.976 bits per heavy atom. The fraction of sp³-hybridized carbons (Fsp3) is 0.108. The van der Waals surface area contributed by atoms with E-state index in [1.165, 1.54) is 44.9 Å². The molecule has 0 fully saturated rings. The van der Waals surface area contributed by atoms with Crippen molar-refractivity contribution in [2.24, 2.45) is 0 Å². The van der Waals surface area contributed by atoms with E-state index in [0.29, 0.717) is 0 Å². The second-order valence-corrected chi connectivity index (χ2v) is 11.1. The van der Waals surface area contributed by atoms with E-state index in [1.807, 2.05) is 52.9 Å². The SMILES string of the molecule is OC#CC#C/C(O)=C/[n+]1ccc(/C=C/C(=C/C=C2\Sc3cccc4c3N2CCC4)Cc2ccccc2)c2ccccc21. The average molecular weight is 566 g/mol. The van der Waals surface area contributed by atoms with E-state index in [9.17, 15) is 5.11 Å². The third-order valence-electron chi connectivity index (χ3n) is 7.31. The van der Waals surface area contributed by atoms with Crippen LogP contribution in [-0.4, -0.2) is 16.8 Å². The molecule has 2 N–H and O–H groups in total. The molecule has 42 heavy (non-hydrogen) atoms. The predicted molar refractivity (Wildman–Crippen MR) is 172 cm³/mol. The van der Waals surface area contributed by atoms with Gasteiger partial charge in [-0.1, -0.05) is 84.6 Å². The number of aromatic nitrogens is 1. The number of para-hydroxylation sites is 2. The quantitative estimate of drug-likeness (QED) is 0.111. The van der Waals surface area contributed by atoms with Crippen LogP contribution in [0.4, 0.5) is 5.69 Å². The molecule has 5 heteroatoms. The van der Waals surface area contributed by atoms with Crippen molar-refractivity contribution in [3.8, 4) is 23.9 Å². The molecule has 4 nitrogen and oxygen atoms in total. The van der Waals surface area contributed by atoms with Crippen molar-refractivity contribution in [1.29, 1.82) is 0 Å². The van der Waals surface area contributed by atoms with Crippen molar-refractivity contribution < 1.29 is 14.8 Å². The Kier molecular flexibility index (Phi) is 8.13. The number of allylic oxidation sites excluding steroid dienone is 5. The van der Waals surface area contributed by atoms with Gasteiger partial charge in [0.15, 0.2) is 6.20 Å². The molecule has 3 heterocycles. The maximum Gasteiger partial charge on any atom is 0.234 e. The van der Waals surface area contributed by atoms with Gasteiger partial charge in [0, 0.05) is 29.5 Å². The Labute approximate surface area is 250 Å². The van der Waals surface area contributed by atoms with Crippen molar-refractivity contribution in [2.75, 3.05) is 11.4 Å². The molecule has 2 aliphatic rings. The fourth-order valence-corrected chi connectivity index (χ4v) is 6.55. The molecule has 0 bridgehead atoms. The molecule has 2 aliphatic heterocycles. The summed E-state index contributed by atoms with van der Waals surface area (Å²) in [4.78, 5) is 3.83.